The molecule has 1 heterocycles. The Morgan fingerprint density at radius 2 is 1.95 bits per heavy atom. The van der Waals surface area contributed by atoms with Gasteiger partial charge in [-0.05, 0) is 35.5 Å². The van der Waals surface area contributed by atoms with Crippen LogP contribution in [0.5, 0.6) is 0 Å². The van der Waals surface area contributed by atoms with Crippen molar-refractivity contribution in [1.29, 1.82) is 0 Å². The lowest BCUT2D eigenvalue weighted by Gasteiger charge is -2.07. The van der Waals surface area contributed by atoms with Crippen molar-refractivity contribution in [3.8, 4) is 0 Å². The van der Waals surface area contributed by atoms with Gasteiger partial charge in [0.2, 0.25) is 0 Å². The molecular formula is C14H11NO4S. The lowest BCUT2D eigenvalue weighted by molar-refractivity contribution is -0.122. The predicted octanol–water partition coefficient (Wildman–Crippen LogP) is 2.61. The number of aromatic carboxylic acids is 1. The Morgan fingerprint density at radius 3 is 2.50 bits per heavy atom. The number of amides is 2. The van der Waals surface area contributed by atoms with Gasteiger partial charge in [-0.3, -0.25) is 14.5 Å². The van der Waals surface area contributed by atoms with E-state index in [0.717, 1.165) is 16.7 Å². The van der Waals surface area contributed by atoms with Crippen LogP contribution < -0.4 is 0 Å². The average molecular weight is 289 g/mol. The van der Waals surface area contributed by atoms with Crippen LogP contribution in [0, 0.1) is 0 Å². The van der Waals surface area contributed by atoms with Crippen molar-refractivity contribution in [1.82, 2.24) is 4.90 Å². The van der Waals surface area contributed by atoms with Crippen LogP contribution in [0.15, 0.2) is 41.8 Å². The van der Waals surface area contributed by atoms with Crippen LogP contribution >= 0.6 is 11.8 Å². The number of carbonyl (C=O) groups is 3. The summed E-state index contributed by atoms with van der Waals surface area (Å²) in [4.78, 5) is 35.7. The van der Waals surface area contributed by atoms with Gasteiger partial charge in [0.15, 0.2) is 0 Å². The van der Waals surface area contributed by atoms with Crippen LogP contribution in [0.1, 0.15) is 15.9 Å². The third-order valence-corrected chi connectivity index (χ3v) is 3.55. The Morgan fingerprint density at radius 1 is 1.30 bits per heavy atom. The number of imide groups is 1. The van der Waals surface area contributed by atoms with Crippen molar-refractivity contribution in [2.45, 2.75) is 0 Å². The van der Waals surface area contributed by atoms with Crippen LogP contribution in [-0.2, 0) is 4.79 Å². The molecule has 0 bridgehead atoms. The standard InChI is InChI=1S/C14H11NO4S/c1-2-7-15-12(16)11(20-14(15)19)8-9-3-5-10(6-4-9)13(17)18/h2-6,8H,1,7H2,(H,17,18)/b11-8+. The average Bonchev–Trinajstić information content (AvgIpc) is 2.67. The molecule has 2 rings (SSSR count). The molecule has 1 aromatic carbocycles. The highest BCUT2D eigenvalue weighted by Gasteiger charge is 2.33. The molecule has 1 aliphatic heterocycles. The van der Waals surface area contributed by atoms with E-state index in [1.807, 2.05) is 0 Å². The second-order valence-electron chi connectivity index (χ2n) is 4.01. The Balaban J connectivity index is 2.23. The molecule has 2 amide bonds. The summed E-state index contributed by atoms with van der Waals surface area (Å²) in [6, 6.07) is 6.07. The summed E-state index contributed by atoms with van der Waals surface area (Å²) >= 11 is 0.862. The monoisotopic (exact) mass is 289 g/mol. The molecule has 102 valence electrons. The Bertz CT molecular complexity index is 619. The van der Waals surface area contributed by atoms with Gasteiger partial charge in [0.05, 0.1) is 10.5 Å². The summed E-state index contributed by atoms with van der Waals surface area (Å²) in [7, 11) is 0. The van der Waals surface area contributed by atoms with E-state index in [-0.39, 0.29) is 23.3 Å². The van der Waals surface area contributed by atoms with Gasteiger partial charge in [-0.1, -0.05) is 18.2 Å². The third-order valence-electron chi connectivity index (χ3n) is 2.64. The second-order valence-corrected chi connectivity index (χ2v) is 5.00. The fourth-order valence-corrected chi connectivity index (χ4v) is 2.51. The van der Waals surface area contributed by atoms with E-state index in [1.165, 1.54) is 18.2 Å². The second kappa shape index (κ2) is 5.75. The fourth-order valence-electron chi connectivity index (χ4n) is 1.66. The van der Waals surface area contributed by atoms with Gasteiger partial charge in [-0.15, -0.1) is 6.58 Å². The van der Waals surface area contributed by atoms with Crippen molar-refractivity contribution < 1.29 is 19.5 Å². The number of nitrogens with zero attached hydrogens (tertiary/aromatic N) is 1. The van der Waals surface area contributed by atoms with Crippen LogP contribution in [0.2, 0.25) is 0 Å². The first-order valence-corrected chi connectivity index (χ1v) is 6.54. The topological polar surface area (TPSA) is 74.7 Å². The number of rotatable bonds is 4. The zero-order valence-electron chi connectivity index (χ0n) is 10.4. The highest BCUT2D eigenvalue weighted by atomic mass is 32.2. The molecule has 0 aromatic heterocycles. The van der Waals surface area contributed by atoms with Crippen LogP contribution in [0.3, 0.4) is 0 Å². The molecule has 0 unspecified atom stereocenters. The SMILES string of the molecule is C=CCN1C(=O)S/C(=C/c2ccc(C(=O)O)cc2)C1=O. The molecule has 0 radical (unpaired) electrons. The van der Waals surface area contributed by atoms with E-state index in [9.17, 15) is 14.4 Å². The van der Waals surface area contributed by atoms with E-state index >= 15 is 0 Å². The largest absolute Gasteiger partial charge is 0.478 e. The normalized spacial score (nSPS) is 16.8. The first kappa shape index (κ1) is 14.1. The minimum atomic E-state index is -1.01. The van der Waals surface area contributed by atoms with Crippen LogP contribution in [0.25, 0.3) is 6.08 Å². The third kappa shape index (κ3) is 2.80. The first-order chi connectivity index (χ1) is 9.52. The van der Waals surface area contributed by atoms with E-state index in [0.29, 0.717) is 10.5 Å². The molecule has 0 spiro atoms. The van der Waals surface area contributed by atoms with Crippen molar-refractivity contribution in [3.63, 3.8) is 0 Å². The summed E-state index contributed by atoms with van der Waals surface area (Å²) < 4.78 is 0. The number of carboxylic acids is 1. The minimum absolute atomic E-state index is 0.168. The maximum Gasteiger partial charge on any atom is 0.335 e. The number of carboxylic acid groups (broad SMARTS) is 1. The lowest BCUT2D eigenvalue weighted by Crippen LogP contribution is -2.27. The number of carbonyl (C=O) groups excluding carboxylic acids is 2. The van der Waals surface area contributed by atoms with Crippen molar-refractivity contribution in [3.05, 3.63) is 53.0 Å². The van der Waals surface area contributed by atoms with Crippen molar-refractivity contribution in [2.24, 2.45) is 0 Å². The van der Waals surface area contributed by atoms with E-state index in [2.05, 4.69) is 6.58 Å². The highest BCUT2D eigenvalue weighted by molar-refractivity contribution is 8.18. The van der Waals surface area contributed by atoms with Gasteiger partial charge < -0.3 is 5.11 Å². The quantitative estimate of drug-likeness (QED) is 0.681. The fraction of sp³-hybridized carbons (Fsp3) is 0.0714. The molecule has 1 N–H and O–H groups in total. The Kier molecular flexibility index (Phi) is 4.05. The summed E-state index contributed by atoms with van der Waals surface area (Å²) in [5.41, 5.74) is 0.834. The number of benzene rings is 1. The molecule has 0 saturated carbocycles. The van der Waals surface area contributed by atoms with Crippen LogP contribution in [-0.4, -0.2) is 33.7 Å². The molecule has 6 heteroatoms. The number of thioether (sulfide) groups is 1. The van der Waals surface area contributed by atoms with Crippen molar-refractivity contribution >= 4 is 35.0 Å². The Labute approximate surface area is 119 Å². The molecule has 1 saturated heterocycles. The maximum atomic E-state index is 12.0. The molecule has 1 fully saturated rings. The molecule has 0 aliphatic carbocycles. The van der Waals surface area contributed by atoms with Gasteiger partial charge in [0, 0.05) is 6.54 Å². The lowest BCUT2D eigenvalue weighted by atomic mass is 10.1. The van der Waals surface area contributed by atoms with E-state index < -0.39 is 5.97 Å². The van der Waals surface area contributed by atoms with E-state index in [1.54, 1.807) is 18.2 Å². The van der Waals surface area contributed by atoms with Gasteiger partial charge in [0.25, 0.3) is 11.1 Å². The summed E-state index contributed by atoms with van der Waals surface area (Å²) in [5.74, 6) is -1.37. The predicted molar refractivity (Wildman–Crippen MR) is 76.3 cm³/mol. The summed E-state index contributed by atoms with van der Waals surface area (Å²) in [6.45, 7) is 3.68. The van der Waals surface area contributed by atoms with E-state index in [4.69, 9.17) is 5.11 Å². The maximum absolute atomic E-state index is 12.0. The van der Waals surface area contributed by atoms with Gasteiger partial charge in [-0.2, -0.15) is 0 Å². The zero-order valence-corrected chi connectivity index (χ0v) is 11.2. The molecule has 0 atom stereocenters. The van der Waals surface area contributed by atoms with Gasteiger partial charge in [0.1, 0.15) is 0 Å². The molecule has 20 heavy (non-hydrogen) atoms. The molecular weight excluding hydrogens is 278 g/mol. The molecule has 1 aliphatic rings. The Hall–Kier alpha value is -2.34. The zero-order chi connectivity index (χ0) is 14.7. The smallest absolute Gasteiger partial charge is 0.335 e. The summed E-state index contributed by atoms with van der Waals surface area (Å²) in [5, 5.41) is 8.47. The minimum Gasteiger partial charge on any atom is -0.478 e. The molecule has 1 aromatic rings. The molecule has 5 nitrogen and oxygen atoms in total. The number of hydrogen-bond acceptors (Lipinski definition) is 4. The summed E-state index contributed by atoms with van der Waals surface area (Å²) in [6.07, 6.45) is 3.06. The number of hydrogen-bond donors (Lipinski definition) is 1. The van der Waals surface area contributed by atoms with Crippen molar-refractivity contribution in [2.75, 3.05) is 6.54 Å². The van der Waals surface area contributed by atoms with Gasteiger partial charge >= 0.3 is 5.97 Å². The van der Waals surface area contributed by atoms with Crippen LogP contribution in [0.4, 0.5) is 4.79 Å². The first-order valence-electron chi connectivity index (χ1n) is 5.72. The van der Waals surface area contributed by atoms with Gasteiger partial charge in [-0.25, -0.2) is 4.79 Å². The highest BCUT2D eigenvalue weighted by Crippen LogP contribution is 2.31.